The van der Waals surface area contributed by atoms with Crippen LogP contribution >= 0.6 is 11.6 Å². The number of aromatic nitrogens is 2. The number of morpholine rings is 1. The molecule has 2 heterocycles. The molecule has 2 aliphatic rings. The molecule has 1 aromatic heterocycles. The van der Waals surface area contributed by atoms with Gasteiger partial charge in [-0.1, -0.05) is 29.3 Å². The molecule has 5 rings (SSSR count). The number of benzene rings is 2. The molecular formula is C24H25ClN4O2. The van der Waals surface area contributed by atoms with Gasteiger partial charge in [-0.3, -0.25) is 4.79 Å². The number of nitrogens with one attached hydrogen (secondary N) is 1. The summed E-state index contributed by atoms with van der Waals surface area (Å²) in [4.78, 5) is 15.6. The molecule has 0 bridgehead atoms. The maximum absolute atomic E-state index is 13.3. The van der Waals surface area contributed by atoms with E-state index >= 15 is 0 Å². The second-order valence-corrected chi connectivity index (χ2v) is 8.53. The molecule has 3 aromatic rings. The molecule has 1 amide bonds. The number of hydrogen-bond acceptors (Lipinski definition) is 4. The van der Waals surface area contributed by atoms with E-state index in [2.05, 4.69) is 41.4 Å². The van der Waals surface area contributed by atoms with E-state index in [0.717, 1.165) is 55.0 Å². The summed E-state index contributed by atoms with van der Waals surface area (Å²) in [6, 6.07) is 13.9. The van der Waals surface area contributed by atoms with Crippen molar-refractivity contribution >= 4 is 28.9 Å². The molecule has 0 atom stereocenters. The number of carbonyl (C=O) groups is 1. The van der Waals surface area contributed by atoms with Crippen LogP contribution in [0.25, 0.3) is 5.69 Å². The molecule has 1 fully saturated rings. The Hall–Kier alpha value is -2.83. The van der Waals surface area contributed by atoms with Gasteiger partial charge in [0.25, 0.3) is 5.91 Å². The van der Waals surface area contributed by atoms with Gasteiger partial charge in [-0.25, -0.2) is 4.68 Å². The van der Waals surface area contributed by atoms with E-state index in [9.17, 15) is 4.79 Å². The third-order valence-electron chi connectivity index (χ3n) is 5.98. The number of nitrogens with zero attached hydrogens (tertiary/aromatic N) is 3. The van der Waals surface area contributed by atoms with Gasteiger partial charge in [0.1, 0.15) is 0 Å². The second kappa shape index (κ2) is 8.36. The van der Waals surface area contributed by atoms with Gasteiger partial charge in [-0.05, 0) is 56.5 Å². The first-order valence-electron chi connectivity index (χ1n) is 10.7. The molecule has 31 heavy (non-hydrogen) atoms. The Balaban J connectivity index is 1.47. The zero-order chi connectivity index (χ0) is 21.4. The van der Waals surface area contributed by atoms with Crippen molar-refractivity contribution < 1.29 is 9.53 Å². The van der Waals surface area contributed by atoms with Crippen LogP contribution in [0, 0.1) is 6.92 Å². The van der Waals surface area contributed by atoms with Crippen LogP contribution < -0.4 is 10.2 Å². The third kappa shape index (κ3) is 3.93. The molecule has 0 spiro atoms. The molecule has 0 unspecified atom stereocenters. The lowest BCUT2D eigenvalue weighted by molar-refractivity contribution is 0.102. The maximum Gasteiger partial charge on any atom is 0.276 e. The number of aryl methyl sites for hydroxylation is 1. The molecule has 0 radical (unpaired) electrons. The standard InChI is InChI=1S/C24H25ClN4O2/c1-16-5-8-18(9-6-16)29-21-4-2-3-19(21)23(27-29)24(30)26-20-15-17(25)7-10-22(20)28-11-13-31-14-12-28/h5-10,15H,2-4,11-14H2,1H3,(H,26,30). The van der Waals surface area contributed by atoms with Crippen molar-refractivity contribution in [1.82, 2.24) is 9.78 Å². The van der Waals surface area contributed by atoms with E-state index in [1.54, 1.807) is 6.07 Å². The van der Waals surface area contributed by atoms with E-state index in [4.69, 9.17) is 21.4 Å². The number of amides is 1. The number of carbonyl (C=O) groups excluding carboxylic acids is 1. The Morgan fingerprint density at radius 3 is 2.65 bits per heavy atom. The zero-order valence-corrected chi connectivity index (χ0v) is 18.3. The van der Waals surface area contributed by atoms with Crippen LogP contribution in [0.1, 0.15) is 33.7 Å². The lowest BCUT2D eigenvalue weighted by Gasteiger charge is -2.30. The Morgan fingerprint density at radius 2 is 1.87 bits per heavy atom. The van der Waals surface area contributed by atoms with E-state index in [1.807, 2.05) is 16.8 Å². The smallest absolute Gasteiger partial charge is 0.276 e. The van der Waals surface area contributed by atoms with Gasteiger partial charge in [0, 0.05) is 29.4 Å². The van der Waals surface area contributed by atoms with Crippen LogP contribution in [0.15, 0.2) is 42.5 Å². The molecule has 1 N–H and O–H groups in total. The van der Waals surface area contributed by atoms with Gasteiger partial charge in [-0.2, -0.15) is 5.10 Å². The van der Waals surface area contributed by atoms with Crippen molar-refractivity contribution in [2.45, 2.75) is 26.2 Å². The minimum absolute atomic E-state index is 0.194. The van der Waals surface area contributed by atoms with Crippen molar-refractivity contribution in [2.75, 3.05) is 36.5 Å². The Kier molecular flexibility index (Phi) is 5.42. The summed E-state index contributed by atoms with van der Waals surface area (Å²) in [5, 5.41) is 8.40. The summed E-state index contributed by atoms with van der Waals surface area (Å²) < 4.78 is 7.40. The number of hydrogen-bond donors (Lipinski definition) is 1. The SMILES string of the molecule is Cc1ccc(-n2nc(C(=O)Nc3cc(Cl)ccc3N3CCOCC3)c3c2CCC3)cc1. The van der Waals surface area contributed by atoms with Crippen LogP contribution in [-0.4, -0.2) is 42.0 Å². The largest absolute Gasteiger partial charge is 0.378 e. The molecule has 1 saturated heterocycles. The van der Waals surface area contributed by atoms with E-state index < -0.39 is 0 Å². The van der Waals surface area contributed by atoms with Crippen molar-refractivity contribution in [3.8, 4) is 5.69 Å². The van der Waals surface area contributed by atoms with Gasteiger partial charge in [0.2, 0.25) is 0 Å². The van der Waals surface area contributed by atoms with Crippen molar-refractivity contribution in [3.63, 3.8) is 0 Å². The number of rotatable bonds is 4. The fourth-order valence-corrected chi connectivity index (χ4v) is 4.56. The van der Waals surface area contributed by atoms with E-state index in [1.165, 1.54) is 5.56 Å². The summed E-state index contributed by atoms with van der Waals surface area (Å²) in [5.74, 6) is -0.194. The number of fused-ring (bicyclic) bond motifs is 1. The minimum Gasteiger partial charge on any atom is -0.378 e. The van der Waals surface area contributed by atoms with Gasteiger partial charge < -0.3 is 15.0 Å². The topological polar surface area (TPSA) is 59.4 Å². The Bertz CT molecular complexity index is 1120. The normalized spacial score (nSPS) is 15.7. The third-order valence-corrected chi connectivity index (χ3v) is 6.22. The fourth-order valence-electron chi connectivity index (χ4n) is 4.39. The van der Waals surface area contributed by atoms with Crippen LogP contribution in [0.3, 0.4) is 0 Å². The van der Waals surface area contributed by atoms with Gasteiger partial charge >= 0.3 is 0 Å². The summed E-state index contributed by atoms with van der Waals surface area (Å²) in [5.41, 5.74) is 6.52. The van der Waals surface area contributed by atoms with Crippen LogP contribution in [-0.2, 0) is 17.6 Å². The van der Waals surface area contributed by atoms with Gasteiger partial charge in [0.05, 0.1) is 30.3 Å². The molecule has 160 valence electrons. The molecule has 1 aliphatic heterocycles. The van der Waals surface area contributed by atoms with Crippen LogP contribution in [0.5, 0.6) is 0 Å². The van der Waals surface area contributed by atoms with Gasteiger partial charge in [0.15, 0.2) is 5.69 Å². The zero-order valence-electron chi connectivity index (χ0n) is 17.5. The highest BCUT2D eigenvalue weighted by atomic mass is 35.5. The summed E-state index contributed by atoms with van der Waals surface area (Å²) in [6.45, 7) is 4.96. The molecule has 1 aliphatic carbocycles. The molecular weight excluding hydrogens is 412 g/mol. The Morgan fingerprint density at radius 1 is 1.10 bits per heavy atom. The number of ether oxygens (including phenoxy) is 1. The Labute approximate surface area is 186 Å². The summed E-state index contributed by atoms with van der Waals surface area (Å²) in [7, 11) is 0. The monoisotopic (exact) mass is 436 g/mol. The van der Waals surface area contributed by atoms with E-state index in [-0.39, 0.29) is 5.91 Å². The fraction of sp³-hybridized carbons (Fsp3) is 0.333. The number of anilines is 2. The van der Waals surface area contributed by atoms with Gasteiger partial charge in [-0.15, -0.1) is 0 Å². The maximum atomic E-state index is 13.3. The highest BCUT2D eigenvalue weighted by Gasteiger charge is 2.28. The van der Waals surface area contributed by atoms with Crippen molar-refractivity contribution in [3.05, 3.63) is 70.0 Å². The molecule has 2 aromatic carbocycles. The van der Waals surface area contributed by atoms with Crippen molar-refractivity contribution in [2.24, 2.45) is 0 Å². The second-order valence-electron chi connectivity index (χ2n) is 8.09. The number of halogens is 1. The van der Waals surface area contributed by atoms with E-state index in [0.29, 0.717) is 29.6 Å². The predicted octanol–water partition coefficient (Wildman–Crippen LogP) is 4.41. The van der Waals surface area contributed by atoms with Crippen molar-refractivity contribution in [1.29, 1.82) is 0 Å². The van der Waals surface area contributed by atoms with Crippen LogP contribution in [0.2, 0.25) is 5.02 Å². The minimum atomic E-state index is -0.194. The summed E-state index contributed by atoms with van der Waals surface area (Å²) >= 11 is 6.26. The predicted molar refractivity (Wildman–Crippen MR) is 123 cm³/mol. The average Bonchev–Trinajstić information content (AvgIpc) is 3.38. The lowest BCUT2D eigenvalue weighted by atomic mass is 10.1. The molecule has 6 nitrogen and oxygen atoms in total. The highest BCUT2D eigenvalue weighted by Crippen LogP contribution is 2.32. The lowest BCUT2D eigenvalue weighted by Crippen LogP contribution is -2.36. The first kappa shape index (κ1) is 20.1. The molecule has 7 heteroatoms. The average molecular weight is 437 g/mol. The first-order valence-corrected chi connectivity index (χ1v) is 11.1. The summed E-state index contributed by atoms with van der Waals surface area (Å²) in [6.07, 6.45) is 2.84. The molecule has 0 saturated carbocycles. The van der Waals surface area contributed by atoms with Crippen LogP contribution in [0.4, 0.5) is 11.4 Å². The quantitative estimate of drug-likeness (QED) is 0.658. The highest BCUT2D eigenvalue weighted by molar-refractivity contribution is 6.31. The first-order chi connectivity index (χ1) is 15.1.